The van der Waals surface area contributed by atoms with Crippen molar-refractivity contribution in [3.8, 4) is 0 Å². The van der Waals surface area contributed by atoms with Crippen molar-refractivity contribution in [1.82, 2.24) is 0 Å². The zero-order chi connectivity index (χ0) is 28.7. The van der Waals surface area contributed by atoms with E-state index in [1.54, 1.807) is 0 Å². The van der Waals surface area contributed by atoms with Crippen molar-refractivity contribution < 1.29 is 48.7 Å². The maximum atomic E-state index is 14.6. The highest BCUT2D eigenvalue weighted by Gasteiger charge is 2.73. The molecule has 2 rings (SSSR count). The summed E-state index contributed by atoms with van der Waals surface area (Å²) in [5.74, 6) is -2.91. The average Bonchev–Trinajstić information content (AvgIpc) is 2.71. The molecule has 0 fully saturated rings. The molecule has 0 unspecified atom stereocenters. The first-order chi connectivity index (χ1) is 16.6. The third kappa shape index (κ3) is 6.00. The van der Waals surface area contributed by atoms with Gasteiger partial charge in [0.1, 0.15) is 9.84 Å². The van der Waals surface area contributed by atoms with Crippen LogP contribution in [0.15, 0.2) is 36.4 Å². The van der Waals surface area contributed by atoms with Gasteiger partial charge in [-0.3, -0.25) is 9.59 Å². The minimum atomic E-state index is -6.37. The fourth-order valence-electron chi connectivity index (χ4n) is 3.76. The van der Waals surface area contributed by atoms with E-state index in [2.05, 4.69) is 0 Å². The SMILES string of the molecule is Cc1cc(C(F)(C(F)(F)F)C(F)(F)F)ccc1N(C(=O)c1c(Cl)cccc1C(N)=O)[C@@H](C)CS(C)(=O)=O. The van der Waals surface area contributed by atoms with E-state index < -0.39 is 68.2 Å². The normalized spacial score (nSPS) is 13.8. The van der Waals surface area contributed by atoms with Crippen LogP contribution in [0.25, 0.3) is 0 Å². The van der Waals surface area contributed by atoms with E-state index in [-0.39, 0.29) is 28.4 Å². The van der Waals surface area contributed by atoms with Crippen LogP contribution in [0.1, 0.15) is 38.8 Å². The van der Waals surface area contributed by atoms with Crippen LogP contribution in [0.3, 0.4) is 0 Å². The lowest BCUT2D eigenvalue weighted by atomic mass is 9.92. The standard InChI is InChI=1S/C22H20ClF7N2O4S/c1-11-9-13(20(24,21(25,26)27)22(28,29)30)7-8-16(11)32(12(2)10-37(3,35)36)19(34)17-14(18(31)33)5-4-6-15(17)23/h4-9,12H,10H2,1-3H3,(H2,31,33)/t12-/m0/s1. The Balaban J connectivity index is 2.81. The summed E-state index contributed by atoms with van der Waals surface area (Å²) in [7, 11) is -3.79. The fourth-order valence-corrected chi connectivity index (χ4v) is 5.04. The Hall–Kier alpha value is -2.87. The Morgan fingerprint density at radius 3 is 2.00 bits per heavy atom. The zero-order valence-electron chi connectivity index (χ0n) is 19.3. The number of carbonyl (C=O) groups is 2. The van der Waals surface area contributed by atoms with Gasteiger partial charge in [0.25, 0.3) is 5.91 Å². The van der Waals surface area contributed by atoms with Crippen LogP contribution >= 0.6 is 11.6 Å². The minimum Gasteiger partial charge on any atom is -0.366 e. The summed E-state index contributed by atoms with van der Waals surface area (Å²) in [6.45, 7) is 2.24. The molecule has 15 heteroatoms. The fraction of sp³-hybridized carbons (Fsp3) is 0.364. The number of hydrogen-bond donors (Lipinski definition) is 1. The van der Waals surface area contributed by atoms with Crippen molar-refractivity contribution in [3.05, 3.63) is 63.7 Å². The number of aryl methyl sites for hydroxylation is 1. The molecule has 2 N–H and O–H groups in total. The molecule has 2 aromatic rings. The van der Waals surface area contributed by atoms with Crippen LogP contribution in [0.2, 0.25) is 5.02 Å². The van der Waals surface area contributed by atoms with Gasteiger partial charge in [0.05, 0.1) is 21.9 Å². The van der Waals surface area contributed by atoms with Crippen molar-refractivity contribution in [2.45, 2.75) is 37.9 Å². The molecule has 0 heterocycles. The highest BCUT2D eigenvalue weighted by molar-refractivity contribution is 7.90. The van der Waals surface area contributed by atoms with E-state index in [9.17, 15) is 48.7 Å². The van der Waals surface area contributed by atoms with E-state index in [0.717, 1.165) is 24.1 Å². The Labute approximate surface area is 212 Å². The van der Waals surface area contributed by atoms with Gasteiger partial charge in [0.15, 0.2) is 0 Å². The summed E-state index contributed by atoms with van der Waals surface area (Å²) in [5.41, 5.74) is -3.87. The van der Waals surface area contributed by atoms with Gasteiger partial charge in [0, 0.05) is 23.5 Å². The molecule has 2 aromatic carbocycles. The molecular weight excluding hydrogens is 557 g/mol. The molecular formula is C22H20ClF7N2O4S. The van der Waals surface area contributed by atoms with Crippen LogP contribution in [0, 0.1) is 6.92 Å². The lowest BCUT2D eigenvalue weighted by Crippen LogP contribution is -2.50. The van der Waals surface area contributed by atoms with E-state index in [0.29, 0.717) is 6.07 Å². The number of primary amides is 1. The maximum Gasteiger partial charge on any atom is 0.435 e. The summed E-state index contributed by atoms with van der Waals surface area (Å²) in [4.78, 5) is 26.2. The third-order valence-corrected chi connectivity index (χ3v) is 6.73. The molecule has 0 saturated carbocycles. The molecule has 0 saturated heterocycles. The number of amides is 2. The molecule has 0 aliphatic heterocycles. The molecule has 0 bridgehead atoms. The smallest absolute Gasteiger partial charge is 0.366 e. The van der Waals surface area contributed by atoms with Crippen molar-refractivity contribution in [2.24, 2.45) is 5.73 Å². The second-order valence-corrected chi connectivity index (χ2v) is 10.9. The number of halogens is 8. The van der Waals surface area contributed by atoms with Crippen molar-refractivity contribution in [2.75, 3.05) is 16.9 Å². The molecule has 37 heavy (non-hydrogen) atoms. The molecule has 204 valence electrons. The van der Waals surface area contributed by atoms with E-state index in [1.165, 1.54) is 19.1 Å². The number of alkyl halides is 7. The van der Waals surface area contributed by atoms with Gasteiger partial charge < -0.3 is 10.6 Å². The summed E-state index contributed by atoms with van der Waals surface area (Å²) in [6, 6.07) is 3.43. The second-order valence-electron chi connectivity index (χ2n) is 8.30. The molecule has 0 radical (unpaired) electrons. The predicted octanol–water partition coefficient (Wildman–Crippen LogP) is 5.12. The third-order valence-electron chi connectivity index (χ3n) is 5.33. The Morgan fingerprint density at radius 2 is 1.57 bits per heavy atom. The molecule has 0 aromatic heterocycles. The van der Waals surface area contributed by atoms with E-state index in [1.807, 2.05) is 0 Å². The molecule has 0 aliphatic rings. The number of rotatable bonds is 7. The number of anilines is 1. The topological polar surface area (TPSA) is 97.5 Å². The highest BCUT2D eigenvalue weighted by Crippen LogP contribution is 2.53. The first-order valence-corrected chi connectivity index (χ1v) is 12.6. The quantitative estimate of drug-likeness (QED) is 0.463. The molecule has 2 amide bonds. The maximum absolute atomic E-state index is 14.6. The molecule has 0 aliphatic carbocycles. The zero-order valence-corrected chi connectivity index (χ0v) is 20.9. The average molecular weight is 577 g/mol. The van der Waals surface area contributed by atoms with Gasteiger partial charge in [-0.1, -0.05) is 29.8 Å². The van der Waals surface area contributed by atoms with Crippen LogP contribution in [0.5, 0.6) is 0 Å². The van der Waals surface area contributed by atoms with Crippen LogP contribution in [-0.4, -0.2) is 50.6 Å². The van der Waals surface area contributed by atoms with E-state index in [4.69, 9.17) is 17.3 Å². The van der Waals surface area contributed by atoms with Gasteiger partial charge in [-0.15, -0.1) is 0 Å². The Morgan fingerprint density at radius 1 is 1.03 bits per heavy atom. The van der Waals surface area contributed by atoms with Gasteiger partial charge >= 0.3 is 18.0 Å². The second kappa shape index (κ2) is 10.1. The predicted molar refractivity (Wildman–Crippen MR) is 122 cm³/mol. The number of benzene rings is 2. The molecule has 1 atom stereocenters. The summed E-state index contributed by atoms with van der Waals surface area (Å²) in [6.07, 6.45) is -11.9. The number of nitrogens with zero attached hydrogens (tertiary/aromatic N) is 1. The minimum absolute atomic E-state index is 0.193. The van der Waals surface area contributed by atoms with Gasteiger partial charge in [-0.05, 0) is 37.6 Å². The summed E-state index contributed by atoms with van der Waals surface area (Å²) >= 11 is 6.09. The number of hydrogen-bond acceptors (Lipinski definition) is 4. The van der Waals surface area contributed by atoms with Crippen LogP contribution in [-0.2, 0) is 15.5 Å². The monoisotopic (exact) mass is 576 g/mol. The largest absolute Gasteiger partial charge is 0.435 e. The van der Waals surface area contributed by atoms with Crippen molar-refractivity contribution in [1.29, 1.82) is 0 Å². The van der Waals surface area contributed by atoms with Crippen molar-refractivity contribution >= 4 is 38.9 Å². The van der Waals surface area contributed by atoms with Gasteiger partial charge in [-0.25, -0.2) is 12.8 Å². The lowest BCUT2D eigenvalue weighted by Gasteiger charge is -2.33. The lowest BCUT2D eigenvalue weighted by molar-refractivity contribution is -0.348. The summed E-state index contributed by atoms with van der Waals surface area (Å²) in [5, 5.41) is -0.288. The Kier molecular flexibility index (Phi) is 8.30. The molecule has 0 spiro atoms. The first-order valence-electron chi connectivity index (χ1n) is 10.2. The van der Waals surface area contributed by atoms with E-state index >= 15 is 0 Å². The Bertz CT molecular complexity index is 1310. The van der Waals surface area contributed by atoms with Crippen molar-refractivity contribution in [3.63, 3.8) is 0 Å². The number of nitrogens with two attached hydrogens (primary N) is 1. The highest BCUT2D eigenvalue weighted by atomic mass is 35.5. The van der Waals surface area contributed by atoms with Gasteiger partial charge in [0.2, 0.25) is 5.91 Å². The van der Waals surface area contributed by atoms with Crippen LogP contribution < -0.4 is 10.6 Å². The first kappa shape index (κ1) is 30.4. The van der Waals surface area contributed by atoms with Crippen LogP contribution in [0.4, 0.5) is 36.4 Å². The molecule has 6 nitrogen and oxygen atoms in total. The summed E-state index contributed by atoms with van der Waals surface area (Å²) < 4.78 is 118. The number of sulfone groups is 1. The van der Waals surface area contributed by atoms with Gasteiger partial charge in [-0.2, -0.15) is 26.3 Å². The number of carbonyl (C=O) groups excluding carboxylic acids is 2.